The Balaban J connectivity index is 3.06. The molecule has 0 saturated heterocycles. The second kappa shape index (κ2) is 6.37. The Morgan fingerprint density at radius 2 is 1.90 bits per heavy atom. The lowest BCUT2D eigenvalue weighted by Gasteiger charge is -2.17. The molecule has 2 N–H and O–H groups in total. The zero-order valence-electron chi connectivity index (χ0n) is 12.2. The van der Waals surface area contributed by atoms with E-state index in [1.165, 1.54) is 6.07 Å². The fraction of sp³-hybridized carbons (Fsp3) is 0.500. The van der Waals surface area contributed by atoms with Gasteiger partial charge in [-0.25, -0.2) is 8.42 Å². The van der Waals surface area contributed by atoms with Gasteiger partial charge in [-0.15, -0.1) is 0 Å². The second-order valence-electron chi connectivity index (χ2n) is 5.41. The number of hydrogen-bond donors (Lipinski definition) is 2. The topological polar surface area (TPSA) is 83.5 Å². The van der Waals surface area contributed by atoms with E-state index in [9.17, 15) is 13.2 Å². The van der Waals surface area contributed by atoms with Gasteiger partial charge < -0.3 is 5.11 Å². The minimum Gasteiger partial charge on any atom is -0.480 e. The van der Waals surface area contributed by atoms with Crippen LogP contribution in [0.5, 0.6) is 0 Å². The largest absolute Gasteiger partial charge is 0.480 e. The Labute approximate surface area is 120 Å². The summed E-state index contributed by atoms with van der Waals surface area (Å²) in [6.45, 7) is 7.26. The molecule has 0 aliphatic rings. The lowest BCUT2D eigenvalue weighted by atomic mass is 10.1. The van der Waals surface area contributed by atoms with Gasteiger partial charge in [-0.3, -0.25) is 4.79 Å². The Bertz CT molecular complexity index is 593. The molecule has 1 atom stereocenters. The predicted molar refractivity (Wildman–Crippen MR) is 77.1 cm³/mol. The molecular formula is C14H21NO4S. The van der Waals surface area contributed by atoms with Crippen molar-refractivity contribution >= 4 is 16.0 Å². The van der Waals surface area contributed by atoms with E-state index >= 15 is 0 Å². The molecule has 1 unspecified atom stereocenters. The smallest absolute Gasteiger partial charge is 0.321 e. The Morgan fingerprint density at radius 3 is 2.35 bits per heavy atom. The summed E-state index contributed by atoms with van der Waals surface area (Å²) in [4.78, 5) is 11.3. The quantitative estimate of drug-likeness (QED) is 0.842. The number of carbonyl (C=O) groups is 1. The van der Waals surface area contributed by atoms with Crippen LogP contribution < -0.4 is 4.72 Å². The van der Waals surface area contributed by atoms with Gasteiger partial charge in [-0.1, -0.05) is 31.5 Å². The summed E-state index contributed by atoms with van der Waals surface area (Å²) in [5.74, 6) is -1.08. The van der Waals surface area contributed by atoms with Gasteiger partial charge in [-0.2, -0.15) is 4.72 Å². The van der Waals surface area contributed by atoms with Crippen molar-refractivity contribution in [2.75, 3.05) is 0 Å². The molecule has 0 aliphatic heterocycles. The highest BCUT2D eigenvalue weighted by molar-refractivity contribution is 7.89. The van der Waals surface area contributed by atoms with Crippen LogP contribution in [0.15, 0.2) is 23.1 Å². The average Bonchev–Trinajstić information content (AvgIpc) is 2.26. The standard InChI is InChI=1S/C14H21NO4S/c1-9(2)7-12(14(16)17)15-20(18,19)13-6-5-10(3)8-11(13)4/h5-6,8-9,12,15H,7H2,1-4H3,(H,16,17). The van der Waals surface area contributed by atoms with E-state index in [0.717, 1.165) is 5.56 Å². The first-order valence-corrected chi connectivity index (χ1v) is 7.94. The number of carboxylic acid groups (broad SMARTS) is 1. The van der Waals surface area contributed by atoms with E-state index in [1.54, 1.807) is 19.1 Å². The third-order valence-electron chi connectivity index (χ3n) is 2.92. The first-order chi connectivity index (χ1) is 9.13. The number of aryl methyl sites for hydroxylation is 2. The van der Waals surface area contributed by atoms with E-state index in [1.807, 2.05) is 20.8 Å². The summed E-state index contributed by atoms with van der Waals surface area (Å²) in [5, 5.41) is 9.12. The average molecular weight is 299 g/mol. The maximum Gasteiger partial charge on any atom is 0.321 e. The van der Waals surface area contributed by atoms with Crippen LogP contribution in [0.25, 0.3) is 0 Å². The maximum atomic E-state index is 12.3. The number of hydrogen-bond acceptors (Lipinski definition) is 3. The molecule has 0 fully saturated rings. The lowest BCUT2D eigenvalue weighted by molar-refractivity contribution is -0.139. The zero-order chi connectivity index (χ0) is 15.5. The molecule has 112 valence electrons. The van der Waals surface area contributed by atoms with E-state index in [2.05, 4.69) is 4.72 Å². The molecule has 1 rings (SSSR count). The summed E-state index contributed by atoms with van der Waals surface area (Å²) in [7, 11) is -3.83. The van der Waals surface area contributed by atoms with Crippen LogP contribution in [0.3, 0.4) is 0 Å². The van der Waals surface area contributed by atoms with Crippen LogP contribution in [0.2, 0.25) is 0 Å². The van der Waals surface area contributed by atoms with Crippen LogP contribution >= 0.6 is 0 Å². The number of benzene rings is 1. The first kappa shape index (κ1) is 16.7. The van der Waals surface area contributed by atoms with Gasteiger partial charge >= 0.3 is 5.97 Å². The van der Waals surface area contributed by atoms with Gasteiger partial charge in [0.1, 0.15) is 6.04 Å². The van der Waals surface area contributed by atoms with E-state index < -0.39 is 22.0 Å². The molecule has 0 aliphatic carbocycles. The van der Waals surface area contributed by atoms with Crippen molar-refractivity contribution in [3.05, 3.63) is 29.3 Å². The summed E-state index contributed by atoms with van der Waals surface area (Å²) in [5.41, 5.74) is 1.56. The van der Waals surface area contributed by atoms with Crippen LogP contribution in [0, 0.1) is 19.8 Å². The molecule has 0 heterocycles. The van der Waals surface area contributed by atoms with Crippen LogP contribution in [0.1, 0.15) is 31.4 Å². The molecule has 0 spiro atoms. The van der Waals surface area contributed by atoms with Crippen LogP contribution in [-0.4, -0.2) is 25.5 Å². The van der Waals surface area contributed by atoms with Crippen molar-refractivity contribution in [1.29, 1.82) is 0 Å². The number of aliphatic carboxylic acids is 1. The Hall–Kier alpha value is -1.40. The van der Waals surface area contributed by atoms with Crippen molar-refractivity contribution in [1.82, 2.24) is 4.72 Å². The van der Waals surface area contributed by atoms with Crippen molar-refractivity contribution in [2.24, 2.45) is 5.92 Å². The highest BCUT2D eigenvalue weighted by Gasteiger charge is 2.26. The SMILES string of the molecule is Cc1ccc(S(=O)(=O)NC(CC(C)C)C(=O)O)c(C)c1. The Kier molecular flexibility index (Phi) is 5.30. The van der Waals surface area contributed by atoms with E-state index in [0.29, 0.717) is 5.56 Å². The van der Waals surface area contributed by atoms with Gasteiger partial charge in [-0.05, 0) is 37.8 Å². The van der Waals surface area contributed by atoms with Crippen LogP contribution in [0.4, 0.5) is 0 Å². The number of rotatable bonds is 6. The van der Waals surface area contributed by atoms with Gasteiger partial charge in [0.05, 0.1) is 4.90 Å². The summed E-state index contributed by atoms with van der Waals surface area (Å²) in [6.07, 6.45) is 0.249. The molecule has 6 heteroatoms. The monoisotopic (exact) mass is 299 g/mol. The maximum absolute atomic E-state index is 12.3. The fourth-order valence-corrected chi connectivity index (χ4v) is 3.45. The third-order valence-corrected chi connectivity index (χ3v) is 4.55. The molecule has 1 aromatic carbocycles. The lowest BCUT2D eigenvalue weighted by Crippen LogP contribution is -2.41. The van der Waals surface area contributed by atoms with Crippen molar-refractivity contribution in [3.8, 4) is 0 Å². The molecule has 0 saturated carbocycles. The first-order valence-electron chi connectivity index (χ1n) is 6.46. The van der Waals surface area contributed by atoms with Crippen molar-refractivity contribution < 1.29 is 18.3 Å². The minimum absolute atomic E-state index is 0.0814. The number of sulfonamides is 1. The van der Waals surface area contributed by atoms with Crippen molar-refractivity contribution in [3.63, 3.8) is 0 Å². The molecule has 1 aromatic rings. The van der Waals surface area contributed by atoms with Crippen LogP contribution in [-0.2, 0) is 14.8 Å². The van der Waals surface area contributed by atoms with Gasteiger partial charge in [0.25, 0.3) is 0 Å². The second-order valence-corrected chi connectivity index (χ2v) is 7.09. The molecule has 5 nitrogen and oxygen atoms in total. The molecule has 20 heavy (non-hydrogen) atoms. The number of nitrogens with one attached hydrogen (secondary N) is 1. The normalized spacial score (nSPS) is 13.4. The van der Waals surface area contributed by atoms with Gasteiger partial charge in [0, 0.05) is 0 Å². The number of carboxylic acids is 1. The highest BCUT2D eigenvalue weighted by atomic mass is 32.2. The van der Waals surface area contributed by atoms with E-state index in [4.69, 9.17) is 5.11 Å². The minimum atomic E-state index is -3.83. The fourth-order valence-electron chi connectivity index (χ4n) is 2.02. The van der Waals surface area contributed by atoms with Gasteiger partial charge in [0.2, 0.25) is 10.0 Å². The molecule has 0 radical (unpaired) electrons. The Morgan fingerprint density at radius 1 is 1.30 bits per heavy atom. The molecule has 0 bridgehead atoms. The molecule has 0 amide bonds. The summed E-state index contributed by atoms with van der Waals surface area (Å²) in [6, 6.07) is 3.84. The predicted octanol–water partition coefficient (Wildman–Crippen LogP) is 2.08. The third kappa shape index (κ3) is 4.31. The zero-order valence-corrected chi connectivity index (χ0v) is 13.0. The van der Waals surface area contributed by atoms with E-state index in [-0.39, 0.29) is 17.2 Å². The molecular weight excluding hydrogens is 278 g/mol. The van der Waals surface area contributed by atoms with Gasteiger partial charge in [0.15, 0.2) is 0 Å². The summed E-state index contributed by atoms with van der Waals surface area (Å²) >= 11 is 0. The summed E-state index contributed by atoms with van der Waals surface area (Å²) < 4.78 is 26.8. The highest BCUT2D eigenvalue weighted by Crippen LogP contribution is 2.17. The van der Waals surface area contributed by atoms with Crippen molar-refractivity contribution in [2.45, 2.75) is 45.1 Å². The molecule has 0 aromatic heterocycles.